The van der Waals surface area contributed by atoms with Gasteiger partial charge in [0.25, 0.3) is 0 Å². The lowest BCUT2D eigenvalue weighted by Crippen LogP contribution is -2.40. The fraction of sp³-hybridized carbons (Fsp3) is 0.833. The second-order valence-corrected chi connectivity index (χ2v) is 5.18. The second kappa shape index (κ2) is 4.07. The van der Waals surface area contributed by atoms with Crippen LogP contribution >= 0.6 is 0 Å². The van der Waals surface area contributed by atoms with Gasteiger partial charge in [-0.25, -0.2) is 0 Å². The van der Waals surface area contributed by atoms with Gasteiger partial charge in [-0.3, -0.25) is 9.59 Å². The number of aliphatic carboxylic acids is 1. The number of carboxylic acid groups (broad SMARTS) is 1. The Bertz CT molecular complexity index is 305. The molecule has 1 atom stereocenters. The number of hydrogen-bond donors (Lipinski definition) is 2. The normalized spacial score (nSPS) is 38.7. The SMILES string of the molecule is CCC1NC(=O)CC12CCC(C(=O)O)CC2. The van der Waals surface area contributed by atoms with Gasteiger partial charge in [0.15, 0.2) is 0 Å². The van der Waals surface area contributed by atoms with Gasteiger partial charge in [0.05, 0.1) is 5.92 Å². The highest BCUT2D eigenvalue weighted by Crippen LogP contribution is 2.47. The quantitative estimate of drug-likeness (QED) is 0.749. The fourth-order valence-corrected chi connectivity index (χ4v) is 3.34. The molecule has 0 aromatic rings. The van der Waals surface area contributed by atoms with Gasteiger partial charge in [-0.05, 0) is 37.5 Å². The highest BCUT2D eigenvalue weighted by Gasteiger charge is 2.48. The van der Waals surface area contributed by atoms with Crippen molar-refractivity contribution in [3.63, 3.8) is 0 Å². The van der Waals surface area contributed by atoms with E-state index in [9.17, 15) is 9.59 Å². The van der Waals surface area contributed by atoms with E-state index in [2.05, 4.69) is 12.2 Å². The van der Waals surface area contributed by atoms with Gasteiger partial charge in [-0.1, -0.05) is 6.92 Å². The Morgan fingerprint density at radius 3 is 2.62 bits per heavy atom. The minimum atomic E-state index is -0.680. The summed E-state index contributed by atoms with van der Waals surface area (Å²) in [7, 11) is 0. The van der Waals surface area contributed by atoms with Gasteiger partial charge in [-0.2, -0.15) is 0 Å². The average molecular weight is 225 g/mol. The summed E-state index contributed by atoms with van der Waals surface area (Å²) in [5, 5.41) is 12.0. The van der Waals surface area contributed by atoms with Crippen LogP contribution in [0.5, 0.6) is 0 Å². The van der Waals surface area contributed by atoms with Crippen LogP contribution in [-0.2, 0) is 9.59 Å². The zero-order valence-corrected chi connectivity index (χ0v) is 9.66. The van der Waals surface area contributed by atoms with Crippen LogP contribution in [0, 0.1) is 11.3 Å². The van der Waals surface area contributed by atoms with Crippen molar-refractivity contribution in [3.8, 4) is 0 Å². The van der Waals surface area contributed by atoms with Crippen molar-refractivity contribution in [2.45, 2.75) is 51.5 Å². The molecule has 16 heavy (non-hydrogen) atoms. The third-order valence-electron chi connectivity index (χ3n) is 4.33. The zero-order valence-electron chi connectivity index (χ0n) is 9.66. The predicted octanol–water partition coefficient (Wildman–Crippen LogP) is 1.55. The minimum absolute atomic E-state index is 0.0534. The van der Waals surface area contributed by atoms with Crippen molar-refractivity contribution in [3.05, 3.63) is 0 Å². The Labute approximate surface area is 95.4 Å². The van der Waals surface area contributed by atoms with E-state index in [1.165, 1.54) is 0 Å². The Balaban J connectivity index is 2.05. The summed E-state index contributed by atoms with van der Waals surface area (Å²) in [6, 6.07) is 0.259. The van der Waals surface area contributed by atoms with E-state index in [4.69, 9.17) is 5.11 Å². The highest BCUT2D eigenvalue weighted by molar-refractivity contribution is 5.80. The van der Waals surface area contributed by atoms with Crippen molar-refractivity contribution in [2.24, 2.45) is 11.3 Å². The molecular weight excluding hydrogens is 206 g/mol. The third-order valence-corrected chi connectivity index (χ3v) is 4.33. The Kier molecular flexibility index (Phi) is 2.91. The van der Waals surface area contributed by atoms with E-state index < -0.39 is 5.97 Å². The van der Waals surface area contributed by atoms with E-state index in [-0.39, 0.29) is 23.3 Å². The van der Waals surface area contributed by atoms with Gasteiger partial charge < -0.3 is 10.4 Å². The molecule has 1 spiro atoms. The van der Waals surface area contributed by atoms with Gasteiger partial charge >= 0.3 is 5.97 Å². The smallest absolute Gasteiger partial charge is 0.306 e. The number of amides is 1. The Morgan fingerprint density at radius 2 is 2.12 bits per heavy atom. The lowest BCUT2D eigenvalue weighted by Gasteiger charge is -2.39. The van der Waals surface area contributed by atoms with Gasteiger partial charge in [0.2, 0.25) is 5.91 Å². The maximum Gasteiger partial charge on any atom is 0.306 e. The maximum absolute atomic E-state index is 11.5. The molecule has 1 aliphatic carbocycles. The summed E-state index contributed by atoms with van der Waals surface area (Å²) in [5.74, 6) is -0.736. The Morgan fingerprint density at radius 1 is 1.50 bits per heavy atom. The number of nitrogens with one attached hydrogen (secondary N) is 1. The van der Waals surface area contributed by atoms with Crippen LogP contribution in [-0.4, -0.2) is 23.0 Å². The molecule has 1 aliphatic heterocycles. The Hall–Kier alpha value is -1.06. The molecule has 1 saturated carbocycles. The first-order valence-corrected chi connectivity index (χ1v) is 6.09. The molecule has 1 heterocycles. The van der Waals surface area contributed by atoms with E-state index in [0.717, 1.165) is 32.1 Å². The first-order chi connectivity index (χ1) is 7.57. The molecule has 1 saturated heterocycles. The summed E-state index contributed by atoms with van der Waals surface area (Å²) < 4.78 is 0. The van der Waals surface area contributed by atoms with Crippen LogP contribution in [0.25, 0.3) is 0 Å². The molecule has 2 N–H and O–H groups in total. The number of carboxylic acids is 1. The standard InChI is InChI=1S/C12H19NO3/c1-2-9-12(7-10(14)13-9)5-3-8(4-6-12)11(15)16/h8-9H,2-7H2,1H3,(H,13,14)(H,15,16). The molecule has 2 aliphatic rings. The van der Waals surface area contributed by atoms with Crippen LogP contribution in [0.4, 0.5) is 0 Å². The monoisotopic (exact) mass is 225 g/mol. The zero-order chi connectivity index (χ0) is 11.8. The van der Waals surface area contributed by atoms with Gasteiger partial charge in [-0.15, -0.1) is 0 Å². The maximum atomic E-state index is 11.5. The fourth-order valence-electron chi connectivity index (χ4n) is 3.34. The summed E-state index contributed by atoms with van der Waals surface area (Å²) in [4.78, 5) is 22.4. The van der Waals surface area contributed by atoms with Crippen LogP contribution < -0.4 is 5.32 Å². The van der Waals surface area contributed by atoms with Crippen molar-refractivity contribution < 1.29 is 14.7 Å². The molecular formula is C12H19NO3. The van der Waals surface area contributed by atoms with Gasteiger partial charge in [0.1, 0.15) is 0 Å². The molecule has 4 nitrogen and oxygen atoms in total. The summed E-state index contributed by atoms with van der Waals surface area (Å²) >= 11 is 0. The van der Waals surface area contributed by atoms with Gasteiger partial charge in [0, 0.05) is 12.5 Å². The van der Waals surface area contributed by atoms with E-state index in [1.807, 2.05) is 0 Å². The lowest BCUT2D eigenvalue weighted by atomic mass is 9.66. The van der Waals surface area contributed by atoms with Crippen molar-refractivity contribution in [2.75, 3.05) is 0 Å². The van der Waals surface area contributed by atoms with Crippen LogP contribution in [0.1, 0.15) is 45.4 Å². The molecule has 2 rings (SSSR count). The molecule has 0 aromatic heterocycles. The topological polar surface area (TPSA) is 66.4 Å². The van der Waals surface area contributed by atoms with E-state index in [1.54, 1.807) is 0 Å². The molecule has 90 valence electrons. The molecule has 2 fully saturated rings. The molecule has 0 bridgehead atoms. The van der Waals surface area contributed by atoms with E-state index in [0.29, 0.717) is 6.42 Å². The number of rotatable bonds is 2. The van der Waals surface area contributed by atoms with Crippen molar-refractivity contribution in [1.29, 1.82) is 0 Å². The molecule has 1 unspecified atom stereocenters. The molecule has 4 heteroatoms. The summed E-state index contributed by atoms with van der Waals surface area (Å²) in [5.41, 5.74) is 0.0534. The second-order valence-electron chi connectivity index (χ2n) is 5.18. The average Bonchev–Trinajstić information content (AvgIpc) is 2.55. The lowest BCUT2D eigenvalue weighted by molar-refractivity contribution is -0.143. The number of hydrogen-bond acceptors (Lipinski definition) is 2. The molecule has 1 amide bonds. The third kappa shape index (κ3) is 1.81. The van der Waals surface area contributed by atoms with E-state index >= 15 is 0 Å². The van der Waals surface area contributed by atoms with Crippen molar-refractivity contribution >= 4 is 11.9 Å². The minimum Gasteiger partial charge on any atom is -0.481 e. The molecule has 0 aromatic carbocycles. The first kappa shape index (κ1) is 11.4. The highest BCUT2D eigenvalue weighted by atomic mass is 16.4. The summed E-state index contributed by atoms with van der Waals surface area (Å²) in [6.45, 7) is 2.08. The first-order valence-electron chi connectivity index (χ1n) is 6.09. The number of carbonyl (C=O) groups is 2. The van der Waals surface area contributed by atoms with Crippen molar-refractivity contribution in [1.82, 2.24) is 5.32 Å². The predicted molar refractivity (Wildman–Crippen MR) is 58.9 cm³/mol. The van der Waals surface area contributed by atoms with Crippen LogP contribution in [0.2, 0.25) is 0 Å². The van der Waals surface area contributed by atoms with Crippen LogP contribution in [0.15, 0.2) is 0 Å². The summed E-state index contributed by atoms with van der Waals surface area (Å²) in [6.07, 6.45) is 4.74. The van der Waals surface area contributed by atoms with Crippen LogP contribution in [0.3, 0.4) is 0 Å². The largest absolute Gasteiger partial charge is 0.481 e. The molecule has 0 radical (unpaired) electrons. The number of carbonyl (C=O) groups excluding carboxylic acids is 1.